The van der Waals surface area contributed by atoms with Crippen LogP contribution in [0.1, 0.15) is 13.8 Å². The largest absolute Gasteiger partial charge is 0.494 e. The molecule has 0 aromatic rings. The van der Waals surface area contributed by atoms with Gasteiger partial charge in [0.25, 0.3) is 0 Å². The lowest BCUT2D eigenvalue weighted by atomic mass is 10.4. The zero-order valence-corrected chi connectivity index (χ0v) is 7.59. The highest BCUT2D eigenvalue weighted by molar-refractivity contribution is 7.17. The van der Waals surface area contributed by atoms with E-state index < -0.39 is 14.7 Å². The highest BCUT2D eigenvalue weighted by Gasteiger charge is 1.90. The Hall–Kier alpha value is -0.730. The predicted octanol–water partition coefficient (Wildman–Crippen LogP) is 1.61. The van der Waals surface area contributed by atoms with Crippen LogP contribution in [0.25, 0.3) is 0 Å². The average molecular weight is 179 g/mol. The maximum absolute atomic E-state index is 9.60. The fourth-order valence-electron chi connectivity index (χ4n) is 0.0589. The number of hydrogen-bond acceptors (Lipinski definition) is 3. The summed E-state index contributed by atoms with van der Waals surface area (Å²) in [4.78, 5) is 9.60. The molecule has 0 aromatic carbocycles. The lowest BCUT2D eigenvalue weighted by Gasteiger charge is -1.79. The van der Waals surface area contributed by atoms with Crippen molar-refractivity contribution in [3.05, 3.63) is 12.2 Å². The molecule has 0 saturated heterocycles. The van der Waals surface area contributed by atoms with Crippen molar-refractivity contribution in [2.45, 2.75) is 13.8 Å². The number of carboxylic acid groups (broad SMARTS) is 1. The molecule has 1 N–H and O–H groups in total. The quantitative estimate of drug-likeness (QED) is 0.528. The van der Waals surface area contributed by atoms with Crippen molar-refractivity contribution in [3.8, 4) is 0 Å². The van der Waals surface area contributed by atoms with E-state index in [0.717, 1.165) is 0 Å². The first kappa shape index (κ1) is 12.9. The number of carbonyl (C=O) groups is 1. The molecule has 0 aliphatic heterocycles. The van der Waals surface area contributed by atoms with Crippen molar-refractivity contribution in [3.63, 3.8) is 0 Å². The molecule has 0 amide bonds. The Labute approximate surface area is 67.2 Å². The normalized spacial score (nSPS) is 8.18. The van der Waals surface area contributed by atoms with E-state index in [1.165, 1.54) is 6.92 Å². The summed E-state index contributed by atoms with van der Waals surface area (Å²) < 4.78 is 13.6. The van der Waals surface area contributed by atoms with Crippen molar-refractivity contribution in [1.29, 1.82) is 0 Å². The summed E-state index contributed by atoms with van der Waals surface area (Å²) in [5, 5.41) is 7.89. The van der Waals surface area contributed by atoms with Crippen LogP contribution in [0.5, 0.6) is 0 Å². The maximum atomic E-state index is 9.60. The minimum atomic E-state index is -0.935. The van der Waals surface area contributed by atoms with Gasteiger partial charge in [0.05, 0.1) is 6.61 Å². The summed E-state index contributed by atoms with van der Waals surface area (Å²) in [5.41, 5.74) is 0.176. The van der Waals surface area contributed by atoms with Crippen molar-refractivity contribution in [2.75, 3.05) is 6.61 Å². The van der Waals surface area contributed by atoms with Crippen molar-refractivity contribution < 1.29 is 19.0 Å². The van der Waals surface area contributed by atoms with Gasteiger partial charge in [0.15, 0.2) is 0 Å². The standard InChI is InChI=1S/C4H6O2.C2H6O2P/c1-3(2)4(5)6;1-2-4-5-3/h1H2,2H3,(H,5,6);5H,2H2,1H3/q;+1. The predicted molar refractivity (Wildman–Crippen MR) is 43.1 cm³/mol. The summed E-state index contributed by atoms with van der Waals surface area (Å²) in [5.74, 6) is -0.935. The van der Waals surface area contributed by atoms with Gasteiger partial charge in [0.2, 0.25) is 0 Å². The first-order chi connectivity index (χ1) is 5.06. The Morgan fingerprint density at radius 1 is 1.73 bits per heavy atom. The second kappa shape index (κ2) is 9.27. The smallest absolute Gasteiger partial charge is 0.478 e. The summed E-state index contributed by atoms with van der Waals surface area (Å²) >= 11 is 0. The van der Waals surface area contributed by atoms with Gasteiger partial charge in [0, 0.05) is 5.57 Å². The molecule has 0 spiro atoms. The number of hydrogen-bond donors (Lipinski definition) is 1. The third kappa shape index (κ3) is 17.6. The average Bonchev–Trinajstić information content (AvgIpc) is 1.90. The van der Waals surface area contributed by atoms with Gasteiger partial charge in [0.1, 0.15) is 0 Å². The minimum absolute atomic E-state index is 0.176. The number of carboxylic acids is 1. The lowest BCUT2D eigenvalue weighted by molar-refractivity contribution is -0.132. The highest BCUT2D eigenvalue weighted by Crippen LogP contribution is 1.89. The second-order valence-corrected chi connectivity index (χ2v) is 2.06. The van der Waals surface area contributed by atoms with Crippen LogP contribution >= 0.6 is 8.69 Å². The zero-order valence-electron chi connectivity index (χ0n) is 6.59. The molecule has 1 unspecified atom stereocenters. The Morgan fingerprint density at radius 2 is 2.09 bits per heavy atom. The molecule has 0 fully saturated rings. The van der Waals surface area contributed by atoms with Gasteiger partial charge < -0.3 is 5.11 Å². The van der Waals surface area contributed by atoms with E-state index in [9.17, 15) is 9.36 Å². The molecule has 11 heavy (non-hydrogen) atoms. The van der Waals surface area contributed by atoms with Gasteiger partial charge in [-0.15, -0.1) is 4.52 Å². The molecule has 0 rings (SSSR count). The Bertz CT molecular complexity index is 132. The molecule has 0 heterocycles. The monoisotopic (exact) mass is 179 g/mol. The Morgan fingerprint density at radius 3 is 2.09 bits per heavy atom. The highest BCUT2D eigenvalue weighted by atomic mass is 31.1. The molecular formula is C6H12O4P+. The SMILES string of the molecule is C=C(C)C(=O)O.CCO[PH+]=O. The molecule has 0 aromatic heterocycles. The van der Waals surface area contributed by atoms with Crippen LogP contribution in [0, 0.1) is 0 Å². The van der Waals surface area contributed by atoms with Gasteiger partial charge in [-0.25, -0.2) is 4.79 Å². The van der Waals surface area contributed by atoms with E-state index in [-0.39, 0.29) is 5.57 Å². The fraction of sp³-hybridized carbons (Fsp3) is 0.500. The maximum Gasteiger partial charge on any atom is 0.494 e. The Balaban J connectivity index is 0. The van der Waals surface area contributed by atoms with E-state index in [1.807, 2.05) is 0 Å². The molecule has 0 bridgehead atoms. The van der Waals surface area contributed by atoms with Crippen LogP contribution in [0.15, 0.2) is 12.2 Å². The van der Waals surface area contributed by atoms with Gasteiger partial charge in [-0.1, -0.05) is 6.58 Å². The van der Waals surface area contributed by atoms with E-state index >= 15 is 0 Å². The van der Waals surface area contributed by atoms with Crippen LogP contribution in [0.2, 0.25) is 0 Å². The second-order valence-electron chi connectivity index (χ2n) is 1.60. The molecule has 0 radical (unpaired) electrons. The molecule has 1 atom stereocenters. The Kier molecular flexibility index (Phi) is 10.9. The van der Waals surface area contributed by atoms with E-state index in [1.54, 1.807) is 6.92 Å². The first-order valence-corrected chi connectivity index (χ1v) is 3.75. The third-order valence-electron chi connectivity index (χ3n) is 0.568. The summed E-state index contributed by atoms with van der Waals surface area (Å²) in [6.45, 7) is 6.94. The van der Waals surface area contributed by atoms with Crippen LogP contribution in [0.3, 0.4) is 0 Å². The molecule has 5 heteroatoms. The molecule has 64 valence electrons. The van der Waals surface area contributed by atoms with Gasteiger partial charge in [-0.3, -0.25) is 0 Å². The van der Waals surface area contributed by atoms with Crippen LogP contribution < -0.4 is 0 Å². The summed E-state index contributed by atoms with van der Waals surface area (Å²) in [6, 6.07) is 0. The van der Waals surface area contributed by atoms with E-state index in [0.29, 0.717) is 6.61 Å². The van der Waals surface area contributed by atoms with Crippen molar-refractivity contribution in [2.24, 2.45) is 0 Å². The van der Waals surface area contributed by atoms with E-state index in [2.05, 4.69) is 11.1 Å². The van der Waals surface area contributed by atoms with Crippen LogP contribution in [-0.4, -0.2) is 17.7 Å². The summed E-state index contributed by atoms with van der Waals surface area (Å²) in [7, 11) is -0.592. The molecule has 4 nitrogen and oxygen atoms in total. The topological polar surface area (TPSA) is 63.6 Å². The zero-order chi connectivity index (χ0) is 9.28. The first-order valence-electron chi connectivity index (χ1n) is 2.94. The van der Waals surface area contributed by atoms with E-state index in [4.69, 9.17) is 5.11 Å². The van der Waals surface area contributed by atoms with Crippen molar-refractivity contribution in [1.82, 2.24) is 0 Å². The lowest BCUT2D eigenvalue weighted by Crippen LogP contribution is -1.92. The third-order valence-corrected chi connectivity index (χ3v) is 0.975. The molecule has 0 aliphatic carbocycles. The number of rotatable bonds is 3. The van der Waals surface area contributed by atoms with Gasteiger partial charge >= 0.3 is 14.7 Å². The van der Waals surface area contributed by atoms with Crippen molar-refractivity contribution >= 4 is 14.7 Å². The van der Waals surface area contributed by atoms with Gasteiger partial charge in [-0.2, -0.15) is 0 Å². The van der Waals surface area contributed by atoms with Gasteiger partial charge in [-0.05, 0) is 18.4 Å². The molecule has 0 aliphatic rings. The van der Waals surface area contributed by atoms with Crippen LogP contribution in [0.4, 0.5) is 0 Å². The molecule has 0 saturated carbocycles. The van der Waals surface area contributed by atoms with Crippen LogP contribution in [-0.2, 0) is 13.9 Å². The molecular weight excluding hydrogens is 167 g/mol. The number of aliphatic carboxylic acids is 1. The summed E-state index contributed by atoms with van der Waals surface area (Å²) in [6.07, 6.45) is 0. The minimum Gasteiger partial charge on any atom is -0.478 e. The fourth-order valence-corrected chi connectivity index (χ4v) is 0.177.